The van der Waals surface area contributed by atoms with E-state index in [1.807, 2.05) is 12.1 Å². The van der Waals surface area contributed by atoms with Crippen LogP contribution in [0.5, 0.6) is 0 Å². The van der Waals surface area contributed by atoms with Crippen molar-refractivity contribution in [2.24, 2.45) is 0 Å². The van der Waals surface area contributed by atoms with Crippen LogP contribution in [0.2, 0.25) is 0 Å². The van der Waals surface area contributed by atoms with Gasteiger partial charge in [-0.1, -0.05) is 60.7 Å². The highest BCUT2D eigenvalue weighted by Gasteiger charge is 2.04. The number of nitrogens with zero attached hydrogens (tertiary/aromatic N) is 1. The normalized spacial score (nSPS) is 10.8. The summed E-state index contributed by atoms with van der Waals surface area (Å²) in [6.07, 6.45) is 0. The standard InChI is InChI=1S/C14H11NS2/c16-14-12-8-4-5-9-13(12)15(17-14)10-11-6-2-1-3-7-11/h1-9H,10H2. The van der Waals surface area contributed by atoms with Crippen molar-refractivity contribution in [3.8, 4) is 0 Å². The van der Waals surface area contributed by atoms with Gasteiger partial charge in [0.05, 0.1) is 12.1 Å². The van der Waals surface area contributed by atoms with E-state index in [1.165, 1.54) is 16.5 Å². The predicted molar refractivity (Wildman–Crippen MR) is 76.2 cm³/mol. The van der Waals surface area contributed by atoms with Crippen LogP contribution in [0.15, 0.2) is 54.6 Å². The van der Waals surface area contributed by atoms with E-state index in [0.29, 0.717) is 0 Å². The monoisotopic (exact) mass is 257 g/mol. The van der Waals surface area contributed by atoms with Crippen LogP contribution < -0.4 is 0 Å². The smallest absolute Gasteiger partial charge is 0.116 e. The third-order valence-corrected chi connectivity index (χ3v) is 4.13. The second-order valence-corrected chi connectivity index (χ2v) is 5.62. The second kappa shape index (κ2) is 4.43. The molecule has 1 aromatic heterocycles. The minimum Gasteiger partial charge on any atom is -0.292 e. The number of hydrogen-bond donors (Lipinski definition) is 0. The summed E-state index contributed by atoms with van der Waals surface area (Å²) < 4.78 is 3.23. The van der Waals surface area contributed by atoms with E-state index in [4.69, 9.17) is 12.2 Å². The molecule has 0 aliphatic heterocycles. The maximum absolute atomic E-state index is 5.39. The van der Waals surface area contributed by atoms with Gasteiger partial charge in [0.2, 0.25) is 0 Å². The average Bonchev–Trinajstić information content (AvgIpc) is 2.69. The highest BCUT2D eigenvalue weighted by atomic mass is 32.2. The Morgan fingerprint density at radius 1 is 0.941 bits per heavy atom. The van der Waals surface area contributed by atoms with Crippen molar-refractivity contribution in [2.45, 2.75) is 6.54 Å². The van der Waals surface area contributed by atoms with E-state index < -0.39 is 0 Å². The Morgan fingerprint density at radius 2 is 1.65 bits per heavy atom. The lowest BCUT2D eigenvalue weighted by atomic mass is 10.2. The lowest BCUT2D eigenvalue weighted by molar-refractivity contribution is 0.915. The van der Waals surface area contributed by atoms with Gasteiger partial charge in [-0.05, 0) is 23.2 Å². The highest BCUT2D eigenvalue weighted by Crippen LogP contribution is 2.23. The molecule has 1 heterocycles. The quantitative estimate of drug-likeness (QED) is 0.613. The van der Waals surface area contributed by atoms with Crippen LogP contribution in [0.1, 0.15) is 5.56 Å². The van der Waals surface area contributed by atoms with Crippen LogP contribution >= 0.6 is 23.8 Å². The molecule has 0 unspecified atom stereocenters. The lowest BCUT2D eigenvalue weighted by Gasteiger charge is -2.03. The maximum atomic E-state index is 5.39. The van der Waals surface area contributed by atoms with E-state index >= 15 is 0 Å². The van der Waals surface area contributed by atoms with Gasteiger partial charge in [-0.15, -0.1) is 0 Å². The van der Waals surface area contributed by atoms with Gasteiger partial charge in [0.1, 0.15) is 3.82 Å². The van der Waals surface area contributed by atoms with E-state index in [0.717, 1.165) is 10.4 Å². The average molecular weight is 257 g/mol. The van der Waals surface area contributed by atoms with Crippen molar-refractivity contribution in [2.75, 3.05) is 0 Å². The van der Waals surface area contributed by atoms with Crippen LogP contribution in [0.3, 0.4) is 0 Å². The van der Waals surface area contributed by atoms with Crippen molar-refractivity contribution < 1.29 is 0 Å². The Hall–Kier alpha value is -1.45. The van der Waals surface area contributed by atoms with Crippen LogP contribution in [0.25, 0.3) is 10.9 Å². The molecule has 0 aliphatic carbocycles. The minimum absolute atomic E-state index is 0.892. The van der Waals surface area contributed by atoms with E-state index in [1.54, 1.807) is 11.5 Å². The predicted octanol–water partition coefficient (Wildman–Crippen LogP) is 4.48. The zero-order valence-corrected chi connectivity index (χ0v) is 10.8. The van der Waals surface area contributed by atoms with Crippen molar-refractivity contribution >= 4 is 34.7 Å². The number of rotatable bonds is 2. The molecule has 0 atom stereocenters. The number of aromatic nitrogens is 1. The van der Waals surface area contributed by atoms with Gasteiger partial charge in [0.25, 0.3) is 0 Å². The molecule has 0 saturated heterocycles. The van der Waals surface area contributed by atoms with Gasteiger partial charge in [0.15, 0.2) is 0 Å². The van der Waals surface area contributed by atoms with Crippen molar-refractivity contribution in [3.05, 3.63) is 64.0 Å². The van der Waals surface area contributed by atoms with Gasteiger partial charge in [-0.2, -0.15) is 0 Å². The van der Waals surface area contributed by atoms with Crippen LogP contribution in [0, 0.1) is 3.82 Å². The molecule has 1 nitrogen and oxygen atoms in total. The minimum atomic E-state index is 0.892. The van der Waals surface area contributed by atoms with Gasteiger partial charge in [-0.3, -0.25) is 3.96 Å². The fourth-order valence-electron chi connectivity index (χ4n) is 1.93. The molecule has 2 aromatic carbocycles. The van der Waals surface area contributed by atoms with Crippen molar-refractivity contribution in [1.29, 1.82) is 0 Å². The summed E-state index contributed by atoms with van der Waals surface area (Å²) in [4.78, 5) is 0. The largest absolute Gasteiger partial charge is 0.292 e. The molecule has 84 valence electrons. The summed E-state index contributed by atoms with van der Waals surface area (Å²) in [5.74, 6) is 0. The first kappa shape index (κ1) is 10.7. The highest BCUT2D eigenvalue weighted by molar-refractivity contribution is 7.73. The first-order valence-electron chi connectivity index (χ1n) is 5.47. The zero-order chi connectivity index (χ0) is 11.7. The molecule has 0 spiro atoms. The SMILES string of the molecule is S=c1sn(Cc2ccccc2)c2ccccc12. The second-order valence-electron chi connectivity index (χ2n) is 3.92. The molecular weight excluding hydrogens is 246 g/mol. The maximum Gasteiger partial charge on any atom is 0.116 e. The number of benzene rings is 2. The molecule has 17 heavy (non-hydrogen) atoms. The first-order valence-corrected chi connectivity index (χ1v) is 6.65. The molecule has 0 saturated carbocycles. The molecule has 0 aliphatic rings. The molecular formula is C14H11NS2. The van der Waals surface area contributed by atoms with Crippen molar-refractivity contribution in [3.63, 3.8) is 0 Å². The Morgan fingerprint density at radius 3 is 2.47 bits per heavy atom. The summed E-state index contributed by atoms with van der Waals surface area (Å²) in [6, 6.07) is 18.8. The zero-order valence-electron chi connectivity index (χ0n) is 9.17. The van der Waals surface area contributed by atoms with Crippen LogP contribution in [0.4, 0.5) is 0 Å². The molecule has 0 N–H and O–H groups in total. The van der Waals surface area contributed by atoms with Crippen LogP contribution in [-0.4, -0.2) is 3.96 Å². The molecule has 3 aromatic rings. The Balaban J connectivity index is 2.10. The summed E-state index contributed by atoms with van der Waals surface area (Å²) in [6.45, 7) is 0.892. The van der Waals surface area contributed by atoms with E-state index in [-0.39, 0.29) is 0 Å². The Kier molecular flexibility index (Phi) is 2.79. The van der Waals surface area contributed by atoms with Crippen LogP contribution in [-0.2, 0) is 6.54 Å². The first-order chi connectivity index (χ1) is 8.34. The molecule has 3 heteroatoms. The summed E-state index contributed by atoms with van der Waals surface area (Å²) in [5.41, 5.74) is 2.53. The molecule has 3 rings (SSSR count). The van der Waals surface area contributed by atoms with Gasteiger partial charge < -0.3 is 0 Å². The number of hydrogen-bond acceptors (Lipinski definition) is 2. The Labute approximate surface area is 109 Å². The third-order valence-electron chi connectivity index (χ3n) is 2.75. The summed E-state index contributed by atoms with van der Waals surface area (Å²) >= 11 is 7.04. The van der Waals surface area contributed by atoms with E-state index in [2.05, 4.69) is 46.4 Å². The molecule has 0 radical (unpaired) electrons. The van der Waals surface area contributed by atoms with E-state index in [9.17, 15) is 0 Å². The molecule has 0 fully saturated rings. The number of fused-ring (bicyclic) bond motifs is 1. The summed E-state index contributed by atoms with van der Waals surface area (Å²) in [7, 11) is 0. The molecule has 0 bridgehead atoms. The lowest BCUT2D eigenvalue weighted by Crippen LogP contribution is -1.94. The summed E-state index contributed by atoms with van der Waals surface area (Å²) in [5, 5.41) is 1.18. The van der Waals surface area contributed by atoms with Gasteiger partial charge in [-0.25, -0.2) is 0 Å². The molecule has 0 amide bonds. The third kappa shape index (κ3) is 2.04. The van der Waals surface area contributed by atoms with Gasteiger partial charge in [0, 0.05) is 5.39 Å². The fraction of sp³-hybridized carbons (Fsp3) is 0.0714. The van der Waals surface area contributed by atoms with Gasteiger partial charge >= 0.3 is 0 Å². The number of para-hydroxylation sites is 1. The Bertz CT molecular complexity index is 695. The topological polar surface area (TPSA) is 4.93 Å². The van der Waals surface area contributed by atoms with Crippen molar-refractivity contribution in [1.82, 2.24) is 3.96 Å². The fourth-order valence-corrected chi connectivity index (χ4v) is 3.31.